The van der Waals surface area contributed by atoms with Gasteiger partial charge in [-0.1, -0.05) is 6.58 Å². The van der Waals surface area contributed by atoms with Crippen LogP contribution >= 0.6 is 0 Å². The molecule has 0 aliphatic rings. The van der Waals surface area contributed by atoms with Crippen LogP contribution in [0.5, 0.6) is 0 Å². The van der Waals surface area contributed by atoms with Crippen molar-refractivity contribution in [2.75, 3.05) is 0 Å². The number of halogens is 11. The number of hydrogen-bond acceptors (Lipinski definition) is 2. The molecule has 13 heteroatoms. The zero-order valence-corrected chi connectivity index (χ0v) is 11.9. The van der Waals surface area contributed by atoms with Crippen molar-refractivity contribution < 1.29 is 57.8 Å². The molecule has 0 N–H and O–H groups in total. The van der Waals surface area contributed by atoms with Crippen molar-refractivity contribution >= 4 is 5.97 Å². The van der Waals surface area contributed by atoms with Crippen LogP contribution in [0.3, 0.4) is 0 Å². The van der Waals surface area contributed by atoms with Crippen molar-refractivity contribution in [2.45, 2.75) is 55.5 Å². The maximum absolute atomic E-state index is 13.3. The van der Waals surface area contributed by atoms with Gasteiger partial charge in [-0.25, -0.2) is 44.3 Å². The van der Waals surface area contributed by atoms with Crippen LogP contribution in [0.2, 0.25) is 0 Å². The Labute approximate surface area is 133 Å². The van der Waals surface area contributed by atoms with E-state index in [0.29, 0.717) is 0 Å². The van der Waals surface area contributed by atoms with Crippen LogP contribution in [-0.4, -0.2) is 61.5 Å². The van der Waals surface area contributed by atoms with Crippen molar-refractivity contribution in [3.05, 3.63) is 12.8 Å². The van der Waals surface area contributed by atoms with E-state index in [9.17, 15) is 53.1 Å². The van der Waals surface area contributed by atoms with Crippen molar-refractivity contribution in [3.8, 4) is 0 Å². The second-order valence-corrected chi connectivity index (χ2v) is 4.60. The molecule has 148 valence electrons. The van der Waals surface area contributed by atoms with Crippen molar-refractivity contribution in [3.63, 3.8) is 0 Å². The SMILES string of the molecule is C=COC(=O)C(F)(F)C(F)C(F)C(F)C(F)C(F)C(F)C(F)C(F)F. The zero-order valence-electron chi connectivity index (χ0n) is 11.9. The van der Waals surface area contributed by atoms with E-state index < -0.39 is 61.5 Å². The van der Waals surface area contributed by atoms with Gasteiger partial charge in [0.2, 0.25) is 6.17 Å². The van der Waals surface area contributed by atoms with E-state index in [1.165, 1.54) is 0 Å². The van der Waals surface area contributed by atoms with Gasteiger partial charge >= 0.3 is 11.9 Å². The van der Waals surface area contributed by atoms with Gasteiger partial charge in [0.15, 0.2) is 37.0 Å². The minimum atomic E-state index is -5.37. The predicted molar refractivity (Wildman–Crippen MR) is 61.5 cm³/mol. The largest absolute Gasteiger partial charge is 0.431 e. The summed E-state index contributed by atoms with van der Waals surface area (Å²) in [6.07, 6.45) is -33.0. The van der Waals surface area contributed by atoms with E-state index in [1.54, 1.807) is 0 Å². The number of rotatable bonds is 10. The Kier molecular flexibility index (Phi) is 8.65. The van der Waals surface area contributed by atoms with Crippen molar-refractivity contribution in [1.82, 2.24) is 0 Å². The molecular formula is C12H11F11O2. The van der Waals surface area contributed by atoms with Gasteiger partial charge in [-0.2, -0.15) is 8.78 Å². The van der Waals surface area contributed by atoms with E-state index in [-0.39, 0.29) is 6.26 Å². The highest BCUT2D eigenvalue weighted by Crippen LogP contribution is 2.33. The summed E-state index contributed by atoms with van der Waals surface area (Å²) in [5.41, 5.74) is 0. The third kappa shape index (κ3) is 5.46. The highest BCUT2D eigenvalue weighted by Gasteiger charge is 2.58. The molecule has 0 aromatic rings. The summed E-state index contributed by atoms with van der Waals surface area (Å²) in [5, 5.41) is 0. The van der Waals surface area contributed by atoms with Gasteiger partial charge in [0.1, 0.15) is 0 Å². The van der Waals surface area contributed by atoms with E-state index in [2.05, 4.69) is 11.3 Å². The first kappa shape index (κ1) is 23.4. The fourth-order valence-corrected chi connectivity index (χ4v) is 1.47. The van der Waals surface area contributed by atoms with E-state index in [1.807, 2.05) is 0 Å². The van der Waals surface area contributed by atoms with Crippen molar-refractivity contribution in [2.24, 2.45) is 0 Å². The second kappa shape index (κ2) is 9.22. The molecular weight excluding hydrogens is 385 g/mol. The molecule has 0 fully saturated rings. The van der Waals surface area contributed by atoms with Crippen LogP contribution in [0.15, 0.2) is 12.8 Å². The lowest BCUT2D eigenvalue weighted by Gasteiger charge is -2.27. The molecule has 0 radical (unpaired) electrons. The van der Waals surface area contributed by atoms with Crippen LogP contribution in [0, 0.1) is 0 Å². The average Bonchev–Trinajstić information content (AvgIpc) is 2.56. The highest BCUT2D eigenvalue weighted by molar-refractivity contribution is 5.79. The maximum atomic E-state index is 13.3. The standard InChI is InChI=1S/C12H11F11O2/c1-2-25-11(24)12(22,23)9(19)7(17)5(15)3(13)4(14)6(16)8(18)10(20)21/h2-10H,1H2. The molecule has 0 saturated carbocycles. The monoisotopic (exact) mass is 396 g/mol. The molecule has 0 saturated heterocycles. The Hall–Kier alpha value is -1.56. The van der Waals surface area contributed by atoms with Gasteiger partial charge in [-0.3, -0.25) is 0 Å². The summed E-state index contributed by atoms with van der Waals surface area (Å²) in [7, 11) is 0. The van der Waals surface area contributed by atoms with E-state index >= 15 is 0 Å². The minimum absolute atomic E-state index is 0.0815. The molecule has 2 nitrogen and oxygen atoms in total. The first-order valence-electron chi connectivity index (χ1n) is 6.27. The number of carbonyl (C=O) groups excluding carboxylic acids is 1. The highest BCUT2D eigenvalue weighted by atomic mass is 19.3. The van der Waals surface area contributed by atoms with Gasteiger partial charge < -0.3 is 4.74 Å². The number of carbonyl (C=O) groups is 1. The van der Waals surface area contributed by atoms with Crippen LogP contribution in [0.25, 0.3) is 0 Å². The molecule has 0 bridgehead atoms. The van der Waals surface area contributed by atoms with Gasteiger partial charge in [0, 0.05) is 0 Å². The molecule has 0 aromatic heterocycles. The Bertz CT molecular complexity index is 447. The van der Waals surface area contributed by atoms with Gasteiger partial charge in [0.05, 0.1) is 6.26 Å². The molecule has 0 spiro atoms. The Morgan fingerprint density at radius 2 is 1.12 bits per heavy atom. The molecule has 0 aliphatic heterocycles. The summed E-state index contributed by atoms with van der Waals surface area (Å²) in [6, 6.07) is 0. The topological polar surface area (TPSA) is 26.3 Å². The van der Waals surface area contributed by atoms with Crippen molar-refractivity contribution in [1.29, 1.82) is 0 Å². The quantitative estimate of drug-likeness (QED) is 0.318. The third-order valence-corrected chi connectivity index (χ3v) is 2.85. The molecule has 0 aromatic carbocycles. The first-order chi connectivity index (χ1) is 11.3. The molecule has 25 heavy (non-hydrogen) atoms. The van der Waals surface area contributed by atoms with E-state index in [0.717, 1.165) is 0 Å². The normalized spacial score (nSPS) is 21.0. The fraction of sp³-hybridized carbons (Fsp3) is 0.750. The third-order valence-electron chi connectivity index (χ3n) is 2.85. The molecule has 0 amide bonds. The molecule has 7 atom stereocenters. The van der Waals surface area contributed by atoms with Crippen LogP contribution < -0.4 is 0 Å². The second-order valence-electron chi connectivity index (χ2n) is 4.60. The minimum Gasteiger partial charge on any atom is -0.431 e. The molecule has 0 aliphatic carbocycles. The summed E-state index contributed by atoms with van der Waals surface area (Å²) in [5.74, 6) is -8.12. The number of alkyl halides is 11. The molecule has 0 heterocycles. The Morgan fingerprint density at radius 3 is 1.48 bits per heavy atom. The summed E-state index contributed by atoms with van der Waals surface area (Å²) in [6.45, 7) is 2.64. The molecule has 7 unspecified atom stereocenters. The number of esters is 1. The summed E-state index contributed by atoms with van der Waals surface area (Å²) < 4.78 is 145. The average molecular weight is 396 g/mol. The predicted octanol–water partition coefficient (Wildman–Crippen LogP) is 3.94. The van der Waals surface area contributed by atoms with Crippen LogP contribution in [-0.2, 0) is 9.53 Å². The van der Waals surface area contributed by atoms with Crippen LogP contribution in [0.1, 0.15) is 0 Å². The zero-order chi connectivity index (χ0) is 20.1. The van der Waals surface area contributed by atoms with Gasteiger partial charge in [-0.05, 0) is 0 Å². The lowest BCUT2D eigenvalue weighted by atomic mass is 9.97. The summed E-state index contributed by atoms with van der Waals surface area (Å²) >= 11 is 0. The fourth-order valence-electron chi connectivity index (χ4n) is 1.47. The molecule has 0 rings (SSSR count). The van der Waals surface area contributed by atoms with Crippen LogP contribution in [0.4, 0.5) is 48.3 Å². The Morgan fingerprint density at radius 1 is 0.760 bits per heavy atom. The maximum Gasteiger partial charge on any atom is 0.385 e. The van der Waals surface area contributed by atoms with Gasteiger partial charge in [-0.15, -0.1) is 0 Å². The first-order valence-corrected chi connectivity index (χ1v) is 6.27. The summed E-state index contributed by atoms with van der Waals surface area (Å²) in [4.78, 5) is 10.7. The number of hydrogen-bond donors (Lipinski definition) is 0. The number of ether oxygens (including phenoxy) is 1. The lowest BCUT2D eigenvalue weighted by molar-refractivity contribution is -0.184. The lowest BCUT2D eigenvalue weighted by Crippen LogP contribution is -2.52. The van der Waals surface area contributed by atoms with E-state index in [4.69, 9.17) is 0 Å². The van der Waals surface area contributed by atoms with Gasteiger partial charge in [0.25, 0.3) is 6.43 Å². The Balaban J connectivity index is 5.16. The smallest absolute Gasteiger partial charge is 0.385 e.